The average molecular weight is 378 g/mol. The van der Waals surface area contributed by atoms with Crippen LogP contribution < -0.4 is 5.56 Å². The Morgan fingerprint density at radius 2 is 1.89 bits per heavy atom. The Balaban J connectivity index is 1.62. The summed E-state index contributed by atoms with van der Waals surface area (Å²) in [6, 6.07) is 13.2. The minimum atomic E-state index is -0.663. The minimum Gasteiger partial charge on any atom is -0.451 e. The average Bonchev–Trinajstić information content (AvgIpc) is 2.95. The Morgan fingerprint density at radius 1 is 1.15 bits per heavy atom. The van der Waals surface area contributed by atoms with Crippen LogP contribution in [0.5, 0.6) is 0 Å². The van der Waals surface area contributed by atoms with Crippen molar-refractivity contribution < 1.29 is 9.53 Å². The lowest BCUT2D eigenvalue weighted by molar-refractivity contribution is 0.0320. The summed E-state index contributed by atoms with van der Waals surface area (Å²) >= 11 is 1.47. The van der Waals surface area contributed by atoms with E-state index in [2.05, 4.69) is 9.97 Å². The number of esters is 1. The molecule has 2 aromatic carbocycles. The summed E-state index contributed by atoms with van der Waals surface area (Å²) in [6.07, 6.45) is -0.663. The van der Waals surface area contributed by atoms with Crippen molar-refractivity contribution in [3.63, 3.8) is 0 Å². The van der Waals surface area contributed by atoms with Gasteiger partial charge in [-0.15, -0.1) is 11.3 Å². The van der Waals surface area contributed by atoms with Gasteiger partial charge in [-0.2, -0.15) is 0 Å². The number of benzene rings is 2. The Hall–Kier alpha value is -2.99. The first-order chi connectivity index (χ1) is 12.9. The molecule has 0 saturated carbocycles. The second kappa shape index (κ2) is 6.63. The van der Waals surface area contributed by atoms with Crippen LogP contribution in [0.25, 0.3) is 21.0 Å². The molecule has 0 aliphatic rings. The molecule has 4 aromatic rings. The molecule has 1 N–H and O–H groups in total. The maximum atomic E-state index is 12.5. The Bertz CT molecular complexity index is 1240. The maximum Gasteiger partial charge on any atom is 0.338 e. The summed E-state index contributed by atoms with van der Waals surface area (Å²) in [5.74, 6) is -0.0996. The van der Waals surface area contributed by atoms with E-state index >= 15 is 0 Å². The fraction of sp³-hybridized carbons (Fsp3) is 0.190. The number of hydrogen-bond donors (Lipinski definition) is 1. The third-order valence-electron chi connectivity index (χ3n) is 4.71. The van der Waals surface area contributed by atoms with Crippen molar-refractivity contribution in [2.45, 2.75) is 26.9 Å². The Morgan fingerprint density at radius 3 is 2.67 bits per heavy atom. The molecule has 0 unspecified atom stereocenters. The molecule has 0 saturated heterocycles. The van der Waals surface area contributed by atoms with Crippen LogP contribution in [0.2, 0.25) is 0 Å². The van der Waals surface area contributed by atoms with Gasteiger partial charge < -0.3 is 9.72 Å². The molecular formula is C21H18N2O3S. The number of aromatic nitrogens is 2. The van der Waals surface area contributed by atoms with Crippen molar-refractivity contribution in [2.75, 3.05) is 0 Å². The minimum absolute atomic E-state index is 0.203. The first-order valence-corrected chi connectivity index (χ1v) is 9.45. The highest BCUT2D eigenvalue weighted by Crippen LogP contribution is 2.27. The number of nitrogens with zero attached hydrogens (tertiary/aromatic N) is 1. The summed E-state index contributed by atoms with van der Waals surface area (Å²) in [5.41, 5.74) is 1.20. The van der Waals surface area contributed by atoms with Crippen molar-refractivity contribution in [3.8, 4) is 0 Å². The lowest BCUT2D eigenvalue weighted by Gasteiger charge is -2.13. The van der Waals surface area contributed by atoms with Crippen LogP contribution in [0.15, 0.2) is 47.3 Å². The summed E-state index contributed by atoms with van der Waals surface area (Å²) in [7, 11) is 0. The molecule has 2 heterocycles. The van der Waals surface area contributed by atoms with Gasteiger partial charge in [-0.05, 0) is 49.2 Å². The van der Waals surface area contributed by atoms with E-state index in [9.17, 15) is 9.59 Å². The number of carbonyl (C=O) groups excluding carboxylic acids is 1. The molecule has 0 spiro atoms. The SMILES string of the molecule is Cc1sc2nc([C@@H](C)OC(=O)c3ccc4ccccc4c3)[nH]c(=O)c2c1C. The number of fused-ring (bicyclic) bond motifs is 2. The Kier molecular flexibility index (Phi) is 4.28. The van der Waals surface area contributed by atoms with Gasteiger partial charge in [0.1, 0.15) is 4.83 Å². The number of aromatic amines is 1. The third-order valence-corrected chi connectivity index (χ3v) is 5.81. The fourth-order valence-electron chi connectivity index (χ4n) is 3.06. The number of H-pyrrole nitrogens is 1. The maximum absolute atomic E-state index is 12.5. The number of hydrogen-bond acceptors (Lipinski definition) is 5. The molecule has 0 amide bonds. The third kappa shape index (κ3) is 3.13. The molecule has 27 heavy (non-hydrogen) atoms. The van der Waals surface area contributed by atoms with Gasteiger partial charge in [0.25, 0.3) is 5.56 Å². The smallest absolute Gasteiger partial charge is 0.338 e. The highest BCUT2D eigenvalue weighted by molar-refractivity contribution is 7.18. The summed E-state index contributed by atoms with van der Waals surface area (Å²) in [5, 5.41) is 2.63. The molecule has 2 aromatic heterocycles. The highest BCUT2D eigenvalue weighted by Gasteiger charge is 2.19. The van der Waals surface area contributed by atoms with Crippen LogP contribution in [-0.4, -0.2) is 15.9 Å². The van der Waals surface area contributed by atoms with Crippen LogP contribution in [0, 0.1) is 13.8 Å². The van der Waals surface area contributed by atoms with E-state index in [0.29, 0.717) is 21.6 Å². The predicted molar refractivity (Wildman–Crippen MR) is 107 cm³/mol. The van der Waals surface area contributed by atoms with E-state index in [1.54, 1.807) is 19.1 Å². The lowest BCUT2D eigenvalue weighted by atomic mass is 10.1. The number of aryl methyl sites for hydroxylation is 2. The number of rotatable bonds is 3. The van der Waals surface area contributed by atoms with Crippen LogP contribution in [-0.2, 0) is 4.74 Å². The van der Waals surface area contributed by atoms with Gasteiger partial charge in [0.2, 0.25) is 0 Å². The fourth-order valence-corrected chi connectivity index (χ4v) is 4.10. The largest absolute Gasteiger partial charge is 0.451 e. The zero-order valence-corrected chi connectivity index (χ0v) is 16.0. The molecule has 1 atom stereocenters. The van der Waals surface area contributed by atoms with Crippen molar-refractivity contribution >= 4 is 38.3 Å². The monoisotopic (exact) mass is 378 g/mol. The van der Waals surface area contributed by atoms with Crippen LogP contribution in [0.3, 0.4) is 0 Å². The lowest BCUT2D eigenvalue weighted by Crippen LogP contribution is -2.17. The summed E-state index contributed by atoms with van der Waals surface area (Å²) < 4.78 is 5.55. The topological polar surface area (TPSA) is 72.0 Å². The van der Waals surface area contributed by atoms with Crippen LogP contribution in [0.1, 0.15) is 39.7 Å². The first-order valence-electron chi connectivity index (χ1n) is 8.63. The van der Waals surface area contributed by atoms with Crippen LogP contribution in [0.4, 0.5) is 0 Å². The van der Waals surface area contributed by atoms with E-state index < -0.39 is 12.1 Å². The number of nitrogens with one attached hydrogen (secondary N) is 1. The van der Waals surface area contributed by atoms with Gasteiger partial charge >= 0.3 is 5.97 Å². The highest BCUT2D eigenvalue weighted by atomic mass is 32.1. The number of ether oxygens (including phenoxy) is 1. The Labute approximate surface area is 159 Å². The van der Waals surface area contributed by atoms with Gasteiger partial charge in [-0.3, -0.25) is 4.79 Å². The second-order valence-corrected chi connectivity index (χ2v) is 7.73. The van der Waals surface area contributed by atoms with Gasteiger partial charge in [0, 0.05) is 4.88 Å². The second-order valence-electron chi connectivity index (χ2n) is 6.52. The molecule has 6 heteroatoms. The standard InChI is InChI=1S/C21H18N2O3S/c1-11-13(3)27-20-17(11)19(24)22-18(23-20)12(2)26-21(25)16-9-8-14-6-4-5-7-15(14)10-16/h4-10,12H,1-3H3,(H,22,23,24)/t12-/m1/s1. The molecular weight excluding hydrogens is 360 g/mol. The van der Waals surface area contributed by atoms with Gasteiger partial charge in [-0.25, -0.2) is 9.78 Å². The zero-order chi connectivity index (χ0) is 19.1. The van der Waals surface area contributed by atoms with Gasteiger partial charge in [0.05, 0.1) is 10.9 Å². The molecule has 0 radical (unpaired) electrons. The van der Waals surface area contributed by atoms with Crippen molar-refractivity contribution in [1.82, 2.24) is 9.97 Å². The van der Waals surface area contributed by atoms with Gasteiger partial charge in [0.15, 0.2) is 11.9 Å². The first kappa shape index (κ1) is 17.4. The van der Waals surface area contributed by atoms with Crippen molar-refractivity contribution in [2.24, 2.45) is 0 Å². The van der Waals surface area contributed by atoms with E-state index in [1.165, 1.54) is 11.3 Å². The van der Waals surface area contributed by atoms with E-state index in [-0.39, 0.29) is 5.56 Å². The normalized spacial score (nSPS) is 12.4. The molecule has 5 nitrogen and oxygen atoms in total. The molecule has 4 rings (SSSR count). The van der Waals surface area contributed by atoms with Gasteiger partial charge in [-0.1, -0.05) is 30.3 Å². The van der Waals surface area contributed by atoms with E-state index in [1.807, 2.05) is 44.2 Å². The van der Waals surface area contributed by atoms with Crippen molar-refractivity contribution in [3.05, 3.63) is 74.6 Å². The van der Waals surface area contributed by atoms with Crippen molar-refractivity contribution in [1.29, 1.82) is 0 Å². The molecule has 0 fully saturated rings. The molecule has 0 bridgehead atoms. The zero-order valence-electron chi connectivity index (χ0n) is 15.2. The number of carbonyl (C=O) groups is 1. The summed E-state index contributed by atoms with van der Waals surface area (Å²) in [6.45, 7) is 5.58. The van der Waals surface area contributed by atoms with E-state index in [0.717, 1.165) is 21.2 Å². The molecule has 0 aliphatic heterocycles. The quantitative estimate of drug-likeness (QED) is 0.526. The van der Waals surface area contributed by atoms with E-state index in [4.69, 9.17) is 4.74 Å². The van der Waals surface area contributed by atoms with Crippen LogP contribution >= 0.6 is 11.3 Å². The molecule has 136 valence electrons. The predicted octanol–water partition coefficient (Wildman–Crippen LogP) is 4.67. The number of thiophene rings is 1. The molecule has 0 aliphatic carbocycles. The summed E-state index contributed by atoms with van der Waals surface area (Å²) in [4.78, 5) is 33.9.